The molecule has 0 fully saturated rings. The number of benzene rings is 2. The van der Waals surface area contributed by atoms with Crippen molar-refractivity contribution >= 4 is 16.1 Å². The second-order valence-corrected chi connectivity index (χ2v) is 7.35. The normalized spacial score (nSPS) is 12.5. The average Bonchev–Trinajstić information content (AvgIpc) is 3.11. The van der Waals surface area contributed by atoms with Gasteiger partial charge in [0.15, 0.2) is 0 Å². The van der Waals surface area contributed by atoms with Gasteiger partial charge in [0.25, 0.3) is 10.1 Å². The van der Waals surface area contributed by atoms with Gasteiger partial charge in [-0.1, -0.05) is 12.1 Å². The summed E-state index contributed by atoms with van der Waals surface area (Å²) in [6.07, 6.45) is -0.629. The van der Waals surface area contributed by atoms with Crippen LogP contribution in [0.5, 0.6) is 5.75 Å². The molecule has 1 atom stereocenters. The van der Waals surface area contributed by atoms with Gasteiger partial charge < -0.3 is 9.84 Å². The van der Waals surface area contributed by atoms with Crippen LogP contribution in [0.1, 0.15) is 13.3 Å². The van der Waals surface area contributed by atoms with Crippen LogP contribution in [0.15, 0.2) is 53.4 Å². The smallest absolute Gasteiger partial charge is 0.307 e. The molecule has 28 heavy (non-hydrogen) atoms. The molecule has 0 radical (unpaired) electrons. The molecular weight excluding hydrogens is 388 g/mol. The van der Waals surface area contributed by atoms with E-state index in [0.717, 1.165) is 0 Å². The minimum absolute atomic E-state index is 0.127. The van der Waals surface area contributed by atoms with Gasteiger partial charge in [-0.3, -0.25) is 9.35 Å². The van der Waals surface area contributed by atoms with Crippen molar-refractivity contribution in [3.05, 3.63) is 48.5 Å². The Balaban J connectivity index is 1.80. The highest BCUT2D eigenvalue weighted by Crippen LogP contribution is 2.22. The first-order chi connectivity index (χ1) is 13.2. The van der Waals surface area contributed by atoms with E-state index in [-0.39, 0.29) is 11.3 Å². The number of tetrazole rings is 1. The molecule has 0 saturated heterocycles. The summed E-state index contributed by atoms with van der Waals surface area (Å²) >= 11 is 0. The van der Waals surface area contributed by atoms with Crippen LogP contribution >= 0.6 is 0 Å². The number of aliphatic carboxylic acids is 1. The molecule has 3 rings (SSSR count). The van der Waals surface area contributed by atoms with E-state index >= 15 is 0 Å². The molecule has 0 aliphatic heterocycles. The molecule has 0 saturated carbocycles. The molecule has 1 heterocycles. The molecule has 0 amide bonds. The molecule has 1 aromatic heterocycles. The Morgan fingerprint density at radius 1 is 1.21 bits per heavy atom. The van der Waals surface area contributed by atoms with E-state index in [2.05, 4.69) is 15.4 Å². The standard InChI is InChI=1S/C17H16N4O6S/c1-11(9-16(22)23)27-14-4-2-3-12(10-14)17-18-20-21(19-17)13-5-7-15(8-6-13)28(24,25)26/h2-8,10-11H,9H2,1H3,(H,22,23)(H,24,25,26). The van der Waals surface area contributed by atoms with E-state index in [9.17, 15) is 13.2 Å². The van der Waals surface area contributed by atoms with Gasteiger partial charge in [-0.2, -0.15) is 8.42 Å². The highest BCUT2D eigenvalue weighted by Gasteiger charge is 2.13. The fraction of sp³-hybridized carbons (Fsp3) is 0.176. The maximum Gasteiger partial charge on any atom is 0.307 e. The van der Waals surface area contributed by atoms with E-state index in [1.807, 2.05) is 0 Å². The van der Waals surface area contributed by atoms with Gasteiger partial charge in [0.1, 0.15) is 11.9 Å². The van der Waals surface area contributed by atoms with E-state index in [0.29, 0.717) is 22.8 Å². The Bertz CT molecular complexity index is 1090. The number of rotatable bonds is 7. The SMILES string of the molecule is CC(CC(=O)O)Oc1cccc(-c2nnn(-c3ccc(S(=O)(=O)O)cc3)n2)c1. The molecule has 146 valence electrons. The molecule has 10 nitrogen and oxygen atoms in total. The van der Waals surface area contributed by atoms with Crippen LogP contribution in [0, 0.1) is 0 Å². The maximum absolute atomic E-state index is 11.1. The largest absolute Gasteiger partial charge is 0.490 e. The lowest BCUT2D eigenvalue weighted by molar-refractivity contribution is -0.138. The van der Waals surface area contributed by atoms with Crippen LogP contribution in [0.25, 0.3) is 17.1 Å². The number of carboxylic acid groups (broad SMARTS) is 1. The number of nitrogens with zero attached hydrogens (tertiary/aromatic N) is 4. The van der Waals surface area contributed by atoms with Gasteiger partial charge in [-0.25, -0.2) is 0 Å². The Morgan fingerprint density at radius 2 is 1.93 bits per heavy atom. The zero-order valence-corrected chi connectivity index (χ0v) is 15.4. The van der Waals surface area contributed by atoms with Crippen molar-refractivity contribution in [3.8, 4) is 22.8 Å². The van der Waals surface area contributed by atoms with E-state index < -0.39 is 22.2 Å². The minimum atomic E-state index is -4.28. The van der Waals surface area contributed by atoms with Crippen LogP contribution in [0.2, 0.25) is 0 Å². The number of ether oxygens (including phenoxy) is 1. The zero-order chi connectivity index (χ0) is 20.3. The Morgan fingerprint density at radius 3 is 2.57 bits per heavy atom. The quantitative estimate of drug-likeness (QED) is 0.563. The summed E-state index contributed by atoms with van der Waals surface area (Å²) < 4.78 is 36.8. The van der Waals surface area contributed by atoms with E-state index in [1.54, 1.807) is 31.2 Å². The summed E-state index contributed by atoms with van der Waals surface area (Å²) in [4.78, 5) is 11.7. The van der Waals surface area contributed by atoms with Crippen molar-refractivity contribution in [2.24, 2.45) is 0 Å². The number of hydrogen-bond donors (Lipinski definition) is 2. The van der Waals surface area contributed by atoms with Crippen molar-refractivity contribution in [3.63, 3.8) is 0 Å². The number of carboxylic acids is 1. The minimum Gasteiger partial charge on any atom is -0.490 e. The molecule has 2 N–H and O–H groups in total. The molecule has 0 aliphatic carbocycles. The summed E-state index contributed by atoms with van der Waals surface area (Å²) in [5, 5.41) is 20.9. The third-order valence-electron chi connectivity index (χ3n) is 3.67. The first-order valence-corrected chi connectivity index (χ1v) is 9.53. The van der Waals surface area contributed by atoms with Gasteiger partial charge in [-0.05, 0) is 48.5 Å². The highest BCUT2D eigenvalue weighted by atomic mass is 32.2. The molecule has 0 bridgehead atoms. The fourth-order valence-electron chi connectivity index (χ4n) is 2.42. The van der Waals surface area contributed by atoms with Crippen molar-refractivity contribution in [2.45, 2.75) is 24.3 Å². The summed E-state index contributed by atoms with van der Waals surface area (Å²) in [6.45, 7) is 1.66. The second-order valence-electron chi connectivity index (χ2n) is 5.93. The molecule has 0 aliphatic rings. The van der Waals surface area contributed by atoms with Crippen LogP contribution in [0.3, 0.4) is 0 Å². The summed E-state index contributed by atoms with van der Waals surface area (Å²) in [7, 11) is -4.28. The average molecular weight is 404 g/mol. The van der Waals surface area contributed by atoms with Gasteiger partial charge in [0.2, 0.25) is 5.82 Å². The molecule has 0 spiro atoms. The number of hydrogen-bond acceptors (Lipinski definition) is 7. The molecular formula is C17H16N4O6S. The third-order valence-corrected chi connectivity index (χ3v) is 4.54. The predicted molar refractivity (Wildman–Crippen MR) is 96.7 cm³/mol. The van der Waals surface area contributed by atoms with Gasteiger partial charge in [0, 0.05) is 5.56 Å². The lowest BCUT2D eigenvalue weighted by atomic mass is 10.2. The zero-order valence-electron chi connectivity index (χ0n) is 14.6. The topological polar surface area (TPSA) is 144 Å². The Kier molecular flexibility index (Phi) is 5.38. The second kappa shape index (κ2) is 7.74. The first kappa shape index (κ1) is 19.5. The van der Waals surface area contributed by atoms with Crippen molar-refractivity contribution < 1.29 is 27.6 Å². The monoisotopic (exact) mass is 404 g/mol. The highest BCUT2D eigenvalue weighted by molar-refractivity contribution is 7.85. The third kappa shape index (κ3) is 4.69. The van der Waals surface area contributed by atoms with E-state index in [4.69, 9.17) is 14.4 Å². The van der Waals surface area contributed by atoms with Crippen molar-refractivity contribution in [2.75, 3.05) is 0 Å². The van der Waals surface area contributed by atoms with Crippen molar-refractivity contribution in [1.82, 2.24) is 20.2 Å². The lowest BCUT2D eigenvalue weighted by Gasteiger charge is -2.12. The fourth-order valence-corrected chi connectivity index (χ4v) is 2.90. The molecule has 3 aromatic rings. The lowest BCUT2D eigenvalue weighted by Crippen LogP contribution is -2.16. The van der Waals surface area contributed by atoms with Gasteiger partial charge in [-0.15, -0.1) is 15.0 Å². The Hall–Kier alpha value is -3.31. The summed E-state index contributed by atoms with van der Waals surface area (Å²) in [5.74, 6) is -0.177. The predicted octanol–water partition coefficient (Wildman–Crippen LogP) is 1.82. The summed E-state index contributed by atoms with van der Waals surface area (Å²) in [6, 6.07) is 12.2. The summed E-state index contributed by atoms with van der Waals surface area (Å²) in [5.41, 5.74) is 1.06. The van der Waals surface area contributed by atoms with E-state index in [1.165, 1.54) is 29.1 Å². The van der Waals surface area contributed by atoms with Crippen LogP contribution in [-0.2, 0) is 14.9 Å². The molecule has 1 unspecified atom stereocenters. The van der Waals surface area contributed by atoms with Gasteiger partial charge >= 0.3 is 5.97 Å². The molecule has 11 heteroatoms. The van der Waals surface area contributed by atoms with Gasteiger partial charge in [0.05, 0.1) is 17.0 Å². The maximum atomic E-state index is 11.1. The van der Waals surface area contributed by atoms with Crippen LogP contribution in [0.4, 0.5) is 0 Å². The number of aromatic nitrogens is 4. The number of carbonyl (C=O) groups is 1. The van der Waals surface area contributed by atoms with Crippen LogP contribution < -0.4 is 4.74 Å². The van der Waals surface area contributed by atoms with Crippen LogP contribution in [-0.4, -0.2) is 50.4 Å². The van der Waals surface area contributed by atoms with Crippen molar-refractivity contribution in [1.29, 1.82) is 0 Å². The first-order valence-electron chi connectivity index (χ1n) is 8.09. The molecule has 2 aromatic carbocycles. The Labute approximate surface area is 160 Å².